The van der Waals surface area contributed by atoms with Gasteiger partial charge >= 0.3 is 11.9 Å². The summed E-state index contributed by atoms with van der Waals surface area (Å²) in [5.74, 6) is -1.43. The van der Waals surface area contributed by atoms with E-state index < -0.39 is 11.9 Å². The predicted octanol–water partition coefficient (Wildman–Crippen LogP) is 0.108. The summed E-state index contributed by atoms with van der Waals surface area (Å²) in [6.45, 7) is 4.57. The van der Waals surface area contributed by atoms with Crippen LogP contribution in [0.15, 0.2) is 24.3 Å². The second-order valence-corrected chi connectivity index (χ2v) is 2.80. The van der Waals surface area contributed by atoms with E-state index >= 15 is 0 Å². The Morgan fingerprint density at radius 1 is 1.29 bits per heavy atom. The minimum Gasteiger partial charge on any atom is -0.478 e. The molecule has 0 aromatic rings. The van der Waals surface area contributed by atoms with Crippen LogP contribution in [0.5, 0.6) is 0 Å². The predicted molar refractivity (Wildman–Crippen MR) is 61.3 cm³/mol. The van der Waals surface area contributed by atoms with Gasteiger partial charge in [-0.25, -0.2) is 9.59 Å². The lowest BCUT2D eigenvalue weighted by Crippen LogP contribution is -2.04. The van der Waals surface area contributed by atoms with E-state index in [1.165, 1.54) is 13.0 Å². The molecule has 0 saturated carbocycles. The molecule has 0 aliphatic carbocycles. The van der Waals surface area contributed by atoms with Crippen molar-refractivity contribution in [2.75, 3.05) is 19.8 Å². The molecule has 0 fully saturated rings. The summed E-state index contributed by atoms with van der Waals surface area (Å²) in [5.41, 5.74) is 0.282. The molecule has 0 saturated heterocycles. The minimum absolute atomic E-state index is 0.00458. The number of carbonyl (C=O) groups excluding carboxylic acids is 1. The normalized spacial score (nSPS) is 9.94. The van der Waals surface area contributed by atoms with Crippen molar-refractivity contribution < 1.29 is 29.6 Å². The van der Waals surface area contributed by atoms with E-state index in [2.05, 4.69) is 11.3 Å². The smallest absolute Gasteiger partial charge is 0.330 e. The number of aliphatic carboxylic acids is 1. The zero-order valence-electron chi connectivity index (χ0n) is 9.76. The minimum atomic E-state index is -0.927. The number of aliphatic hydroxyl groups is 2. The standard InChI is InChI=1S/C6H10O3.C5H8O3/c1-5(6(8)9)3-2-4-7;1-2-5(7)8-4-3-6/h3,7H,2,4H2,1H3,(H,8,9);2,6H,1,3-4H2. The molecule has 0 aromatic heterocycles. The van der Waals surface area contributed by atoms with Gasteiger partial charge in [-0.1, -0.05) is 12.7 Å². The summed E-state index contributed by atoms with van der Waals surface area (Å²) < 4.78 is 4.33. The van der Waals surface area contributed by atoms with Crippen LogP contribution in [0.2, 0.25) is 0 Å². The van der Waals surface area contributed by atoms with Crippen LogP contribution < -0.4 is 0 Å². The highest BCUT2D eigenvalue weighted by molar-refractivity contribution is 5.85. The molecule has 0 spiro atoms. The third-order valence-electron chi connectivity index (χ3n) is 1.42. The van der Waals surface area contributed by atoms with E-state index in [0.717, 1.165) is 6.08 Å². The lowest BCUT2D eigenvalue weighted by molar-refractivity contribution is -0.138. The zero-order valence-corrected chi connectivity index (χ0v) is 9.76. The number of hydrogen-bond acceptors (Lipinski definition) is 5. The number of aliphatic hydroxyl groups excluding tert-OH is 2. The Morgan fingerprint density at radius 2 is 1.88 bits per heavy atom. The van der Waals surface area contributed by atoms with Crippen molar-refractivity contribution in [3.05, 3.63) is 24.3 Å². The highest BCUT2D eigenvalue weighted by atomic mass is 16.5. The van der Waals surface area contributed by atoms with Gasteiger partial charge in [-0.15, -0.1) is 0 Å². The lowest BCUT2D eigenvalue weighted by atomic mass is 10.2. The molecular weight excluding hydrogens is 228 g/mol. The van der Waals surface area contributed by atoms with Gasteiger partial charge in [0.15, 0.2) is 0 Å². The molecule has 0 rings (SSSR count). The molecule has 3 N–H and O–H groups in total. The maximum atomic E-state index is 10.1. The van der Waals surface area contributed by atoms with Gasteiger partial charge in [0.25, 0.3) is 0 Å². The van der Waals surface area contributed by atoms with Gasteiger partial charge in [-0.3, -0.25) is 0 Å². The summed E-state index contributed by atoms with van der Waals surface area (Å²) in [6.07, 6.45) is 2.95. The van der Waals surface area contributed by atoms with Crippen LogP contribution in [0, 0.1) is 0 Å². The van der Waals surface area contributed by atoms with Gasteiger partial charge in [0, 0.05) is 18.3 Å². The largest absolute Gasteiger partial charge is 0.478 e. The van der Waals surface area contributed by atoms with Gasteiger partial charge in [0.1, 0.15) is 6.61 Å². The van der Waals surface area contributed by atoms with Crippen molar-refractivity contribution in [3.63, 3.8) is 0 Å². The first-order valence-corrected chi connectivity index (χ1v) is 4.90. The molecule has 17 heavy (non-hydrogen) atoms. The van der Waals surface area contributed by atoms with Crippen molar-refractivity contribution >= 4 is 11.9 Å². The molecule has 0 atom stereocenters. The summed E-state index contributed by atoms with van der Waals surface area (Å²) in [7, 11) is 0. The second kappa shape index (κ2) is 12.4. The average molecular weight is 246 g/mol. The first kappa shape index (κ1) is 17.7. The van der Waals surface area contributed by atoms with Crippen molar-refractivity contribution in [2.45, 2.75) is 13.3 Å². The van der Waals surface area contributed by atoms with Crippen molar-refractivity contribution in [1.82, 2.24) is 0 Å². The number of carbonyl (C=O) groups is 2. The average Bonchev–Trinajstić information content (AvgIpc) is 2.33. The van der Waals surface area contributed by atoms with Gasteiger partial charge < -0.3 is 20.1 Å². The molecule has 98 valence electrons. The molecule has 0 radical (unpaired) electrons. The van der Waals surface area contributed by atoms with Gasteiger partial charge in [-0.2, -0.15) is 0 Å². The Bertz CT molecular complexity index is 269. The van der Waals surface area contributed by atoms with E-state index in [9.17, 15) is 9.59 Å². The molecule has 0 amide bonds. The van der Waals surface area contributed by atoms with Crippen LogP contribution in [-0.4, -0.2) is 47.1 Å². The summed E-state index contributed by atoms with van der Waals surface area (Å²) in [5, 5.41) is 24.6. The fraction of sp³-hybridized carbons (Fsp3) is 0.455. The van der Waals surface area contributed by atoms with Crippen LogP contribution in [0.3, 0.4) is 0 Å². The molecule has 6 heteroatoms. The molecule has 0 aromatic carbocycles. The molecule has 0 unspecified atom stereocenters. The molecule has 0 aliphatic rings. The fourth-order valence-electron chi connectivity index (χ4n) is 0.574. The lowest BCUT2D eigenvalue weighted by Gasteiger charge is -1.94. The third-order valence-corrected chi connectivity index (χ3v) is 1.42. The van der Waals surface area contributed by atoms with Crippen molar-refractivity contribution in [1.29, 1.82) is 0 Å². The SMILES string of the molecule is C=CC(=O)OCCO.CC(=CCCO)C(=O)O. The summed E-state index contributed by atoms with van der Waals surface area (Å²) in [4.78, 5) is 20.2. The summed E-state index contributed by atoms with van der Waals surface area (Å²) >= 11 is 0. The second-order valence-electron chi connectivity index (χ2n) is 2.80. The molecule has 6 nitrogen and oxygen atoms in total. The summed E-state index contributed by atoms with van der Waals surface area (Å²) in [6, 6.07) is 0. The number of carboxylic acid groups (broad SMARTS) is 1. The number of esters is 1. The zero-order chi connectivity index (χ0) is 13.7. The maximum Gasteiger partial charge on any atom is 0.330 e. The monoisotopic (exact) mass is 246 g/mol. The number of rotatable bonds is 6. The molecule has 0 bridgehead atoms. The van der Waals surface area contributed by atoms with E-state index in [0.29, 0.717) is 6.42 Å². The van der Waals surface area contributed by atoms with Crippen LogP contribution >= 0.6 is 0 Å². The molecular formula is C11H18O6. The van der Waals surface area contributed by atoms with Crippen LogP contribution in [0.4, 0.5) is 0 Å². The quantitative estimate of drug-likeness (QED) is 0.454. The fourth-order valence-corrected chi connectivity index (χ4v) is 0.574. The van der Waals surface area contributed by atoms with E-state index in [1.807, 2.05) is 0 Å². The first-order chi connectivity index (χ1) is 7.99. The molecule has 0 aliphatic heterocycles. The van der Waals surface area contributed by atoms with E-state index in [4.69, 9.17) is 15.3 Å². The Balaban J connectivity index is 0. The van der Waals surface area contributed by atoms with Crippen molar-refractivity contribution in [3.8, 4) is 0 Å². The number of carboxylic acids is 1. The molecule has 0 heterocycles. The van der Waals surface area contributed by atoms with E-state index in [1.54, 1.807) is 0 Å². The van der Waals surface area contributed by atoms with E-state index in [-0.39, 0.29) is 25.4 Å². The number of ether oxygens (including phenoxy) is 1. The Labute approximate surface area is 99.8 Å². The van der Waals surface area contributed by atoms with Crippen molar-refractivity contribution in [2.24, 2.45) is 0 Å². The van der Waals surface area contributed by atoms with Crippen LogP contribution in [-0.2, 0) is 14.3 Å². The van der Waals surface area contributed by atoms with Gasteiger partial charge in [-0.05, 0) is 13.3 Å². The van der Waals surface area contributed by atoms with Crippen LogP contribution in [0.25, 0.3) is 0 Å². The van der Waals surface area contributed by atoms with Gasteiger partial charge in [0.2, 0.25) is 0 Å². The number of hydrogen-bond donors (Lipinski definition) is 3. The Kier molecular flexibility index (Phi) is 12.9. The third kappa shape index (κ3) is 14.3. The highest BCUT2D eigenvalue weighted by Crippen LogP contribution is 1.93. The maximum absolute atomic E-state index is 10.1. The van der Waals surface area contributed by atoms with Crippen LogP contribution in [0.1, 0.15) is 13.3 Å². The topological polar surface area (TPSA) is 104 Å². The Hall–Kier alpha value is -1.66. The first-order valence-electron chi connectivity index (χ1n) is 4.90. The highest BCUT2D eigenvalue weighted by Gasteiger charge is 1.96. The van der Waals surface area contributed by atoms with Gasteiger partial charge in [0.05, 0.1) is 6.61 Å². The Morgan fingerprint density at radius 3 is 2.24 bits per heavy atom.